The Morgan fingerprint density at radius 1 is 1.00 bits per heavy atom. The van der Waals surface area contributed by atoms with Crippen LogP contribution in [-0.2, 0) is 9.53 Å². The topological polar surface area (TPSA) is 36.0 Å². The molecule has 1 aromatic rings. The van der Waals surface area contributed by atoms with Crippen LogP contribution in [-0.4, -0.2) is 73.7 Å². The van der Waals surface area contributed by atoms with Gasteiger partial charge in [0.2, 0.25) is 0 Å². The quantitative estimate of drug-likeness (QED) is 0.638. The van der Waals surface area contributed by atoms with Gasteiger partial charge in [-0.2, -0.15) is 0 Å². The van der Waals surface area contributed by atoms with Crippen LogP contribution >= 0.6 is 15.9 Å². The third-order valence-electron chi connectivity index (χ3n) is 5.56. The Labute approximate surface area is 178 Å². The van der Waals surface area contributed by atoms with E-state index in [0.29, 0.717) is 6.54 Å². The Morgan fingerprint density at radius 3 is 2.14 bits per heavy atom. The summed E-state index contributed by atoms with van der Waals surface area (Å²) in [5.74, 6) is 0.672. The second-order valence-electron chi connectivity index (χ2n) is 9.07. The number of esters is 1. The SMILES string of the molecule is CC(C)(C)OC(=O)CN1CCN(CC2CCN(c3ccc(Br)cc3)CC2)CC1. The summed E-state index contributed by atoms with van der Waals surface area (Å²) in [6.07, 6.45) is 2.52. The summed E-state index contributed by atoms with van der Waals surface area (Å²) in [4.78, 5) is 19.3. The van der Waals surface area contributed by atoms with Gasteiger partial charge in [0.15, 0.2) is 0 Å². The van der Waals surface area contributed by atoms with E-state index in [1.807, 2.05) is 20.8 Å². The molecule has 0 saturated carbocycles. The van der Waals surface area contributed by atoms with Gasteiger partial charge in [-0.25, -0.2) is 0 Å². The molecule has 0 radical (unpaired) electrons. The van der Waals surface area contributed by atoms with E-state index >= 15 is 0 Å². The fourth-order valence-electron chi connectivity index (χ4n) is 4.08. The molecular weight excluding hydrogens is 418 g/mol. The third-order valence-corrected chi connectivity index (χ3v) is 6.09. The van der Waals surface area contributed by atoms with E-state index in [9.17, 15) is 4.79 Å². The summed E-state index contributed by atoms with van der Waals surface area (Å²) < 4.78 is 6.58. The van der Waals surface area contributed by atoms with E-state index in [4.69, 9.17) is 4.74 Å². The predicted molar refractivity (Wildman–Crippen MR) is 118 cm³/mol. The van der Waals surface area contributed by atoms with Crippen LogP contribution in [0.15, 0.2) is 28.7 Å². The number of hydrogen-bond donors (Lipinski definition) is 0. The van der Waals surface area contributed by atoms with Gasteiger partial charge in [0.05, 0.1) is 6.54 Å². The third kappa shape index (κ3) is 6.75. The van der Waals surface area contributed by atoms with Crippen LogP contribution < -0.4 is 4.90 Å². The first-order valence-electron chi connectivity index (χ1n) is 10.5. The highest BCUT2D eigenvalue weighted by molar-refractivity contribution is 9.10. The van der Waals surface area contributed by atoms with Crippen molar-refractivity contribution in [2.24, 2.45) is 5.92 Å². The van der Waals surface area contributed by atoms with Gasteiger partial charge in [0.1, 0.15) is 5.60 Å². The Kier molecular flexibility index (Phi) is 7.40. The first kappa shape index (κ1) is 21.6. The van der Waals surface area contributed by atoms with Crippen molar-refractivity contribution in [2.45, 2.75) is 39.2 Å². The number of halogens is 1. The molecule has 156 valence electrons. The Bertz CT molecular complexity index is 628. The second-order valence-corrected chi connectivity index (χ2v) is 9.99. The molecule has 0 amide bonds. The largest absolute Gasteiger partial charge is 0.459 e. The maximum absolute atomic E-state index is 12.0. The molecule has 0 bridgehead atoms. The van der Waals surface area contributed by atoms with Crippen molar-refractivity contribution in [2.75, 3.05) is 57.3 Å². The fraction of sp³-hybridized carbons (Fsp3) is 0.682. The van der Waals surface area contributed by atoms with Gasteiger partial charge in [0.25, 0.3) is 0 Å². The van der Waals surface area contributed by atoms with E-state index in [-0.39, 0.29) is 5.97 Å². The smallest absolute Gasteiger partial charge is 0.320 e. The summed E-state index contributed by atoms with van der Waals surface area (Å²) in [7, 11) is 0. The zero-order chi connectivity index (χ0) is 20.1. The van der Waals surface area contributed by atoms with Crippen molar-refractivity contribution in [1.29, 1.82) is 0 Å². The monoisotopic (exact) mass is 451 g/mol. The van der Waals surface area contributed by atoms with Crippen molar-refractivity contribution in [3.05, 3.63) is 28.7 Å². The highest BCUT2D eigenvalue weighted by Crippen LogP contribution is 2.25. The van der Waals surface area contributed by atoms with Crippen LogP contribution in [0.1, 0.15) is 33.6 Å². The van der Waals surface area contributed by atoms with Crippen LogP contribution in [0.5, 0.6) is 0 Å². The van der Waals surface area contributed by atoms with Gasteiger partial charge < -0.3 is 14.5 Å². The number of rotatable bonds is 5. The molecule has 0 aromatic heterocycles. The number of benzene rings is 1. The van der Waals surface area contributed by atoms with Crippen molar-refractivity contribution >= 4 is 27.6 Å². The second kappa shape index (κ2) is 9.59. The Balaban J connectivity index is 1.35. The van der Waals surface area contributed by atoms with Gasteiger partial charge >= 0.3 is 5.97 Å². The van der Waals surface area contributed by atoms with Crippen molar-refractivity contribution in [3.63, 3.8) is 0 Å². The molecule has 28 heavy (non-hydrogen) atoms. The van der Waals surface area contributed by atoms with Gasteiger partial charge in [-0.3, -0.25) is 9.69 Å². The summed E-state index contributed by atoms with van der Waals surface area (Å²) in [6, 6.07) is 8.65. The first-order valence-corrected chi connectivity index (χ1v) is 11.2. The van der Waals surface area contributed by atoms with Crippen molar-refractivity contribution in [3.8, 4) is 0 Å². The molecule has 3 rings (SSSR count). The van der Waals surface area contributed by atoms with Crippen LogP contribution in [0, 0.1) is 5.92 Å². The number of anilines is 1. The maximum atomic E-state index is 12.0. The molecule has 2 saturated heterocycles. The number of hydrogen-bond acceptors (Lipinski definition) is 5. The van der Waals surface area contributed by atoms with Crippen LogP contribution in [0.25, 0.3) is 0 Å². The van der Waals surface area contributed by atoms with E-state index < -0.39 is 5.60 Å². The molecule has 0 spiro atoms. The Morgan fingerprint density at radius 2 is 1.57 bits per heavy atom. The standard InChI is InChI=1S/C22H34BrN3O2/c1-22(2,3)28-21(27)17-25-14-12-24(13-15-25)16-18-8-10-26(11-9-18)20-6-4-19(23)5-7-20/h4-7,18H,8-17H2,1-3H3. The van der Waals surface area contributed by atoms with E-state index in [0.717, 1.165) is 49.7 Å². The average molecular weight is 452 g/mol. The van der Waals surface area contributed by atoms with Crippen molar-refractivity contribution < 1.29 is 9.53 Å². The van der Waals surface area contributed by atoms with Gasteiger partial charge in [-0.1, -0.05) is 15.9 Å². The van der Waals surface area contributed by atoms with Crippen LogP contribution in [0.3, 0.4) is 0 Å². The first-order chi connectivity index (χ1) is 13.3. The molecule has 2 aliphatic rings. The molecule has 0 unspecified atom stereocenters. The Hall–Kier alpha value is -1.11. The minimum atomic E-state index is -0.399. The lowest BCUT2D eigenvalue weighted by Gasteiger charge is -2.39. The van der Waals surface area contributed by atoms with E-state index in [1.54, 1.807) is 0 Å². The fourth-order valence-corrected chi connectivity index (χ4v) is 4.34. The molecule has 0 atom stereocenters. The zero-order valence-corrected chi connectivity index (χ0v) is 19.1. The van der Waals surface area contributed by atoms with Crippen LogP contribution in [0.4, 0.5) is 5.69 Å². The number of ether oxygens (including phenoxy) is 1. The van der Waals surface area contributed by atoms with Gasteiger partial charge in [0, 0.05) is 56.0 Å². The molecule has 2 heterocycles. The lowest BCUT2D eigenvalue weighted by Crippen LogP contribution is -2.50. The molecule has 0 aliphatic carbocycles. The lowest BCUT2D eigenvalue weighted by atomic mass is 9.95. The molecule has 1 aromatic carbocycles. The van der Waals surface area contributed by atoms with Crippen LogP contribution in [0.2, 0.25) is 0 Å². The molecular formula is C22H34BrN3O2. The number of piperazine rings is 1. The molecule has 6 heteroatoms. The summed E-state index contributed by atoms with van der Waals surface area (Å²) in [5, 5.41) is 0. The van der Waals surface area contributed by atoms with Gasteiger partial charge in [-0.05, 0) is 63.8 Å². The number of nitrogens with zero attached hydrogens (tertiary/aromatic N) is 3. The van der Waals surface area contributed by atoms with Crippen molar-refractivity contribution in [1.82, 2.24) is 9.80 Å². The molecule has 2 fully saturated rings. The molecule has 5 nitrogen and oxygen atoms in total. The zero-order valence-electron chi connectivity index (χ0n) is 17.5. The summed E-state index contributed by atoms with van der Waals surface area (Å²) in [6.45, 7) is 13.7. The van der Waals surface area contributed by atoms with E-state index in [2.05, 4.69) is 54.9 Å². The molecule has 2 aliphatic heterocycles. The highest BCUT2D eigenvalue weighted by Gasteiger charge is 2.25. The lowest BCUT2D eigenvalue weighted by molar-refractivity contribution is -0.156. The van der Waals surface area contributed by atoms with Gasteiger partial charge in [-0.15, -0.1) is 0 Å². The minimum Gasteiger partial charge on any atom is -0.459 e. The summed E-state index contributed by atoms with van der Waals surface area (Å²) in [5.41, 5.74) is 0.932. The molecule has 0 N–H and O–H groups in total. The minimum absolute atomic E-state index is 0.110. The summed E-state index contributed by atoms with van der Waals surface area (Å²) >= 11 is 3.51. The average Bonchev–Trinajstić information content (AvgIpc) is 2.63. The predicted octanol–water partition coefficient (Wildman–Crippen LogP) is 3.62. The highest BCUT2D eigenvalue weighted by atomic mass is 79.9. The van der Waals surface area contributed by atoms with E-state index in [1.165, 1.54) is 25.1 Å². The maximum Gasteiger partial charge on any atom is 0.320 e. The number of carbonyl (C=O) groups is 1. The number of carbonyl (C=O) groups excluding carboxylic acids is 1. The number of piperidine rings is 1. The normalized spacial score (nSPS) is 20.4.